The monoisotopic (exact) mass is 234 g/mol. The Kier molecular flexibility index (Phi) is 2.99. The highest BCUT2D eigenvalue weighted by Crippen LogP contribution is 2.23. The molecule has 3 amide bonds. The second-order valence-corrected chi connectivity index (χ2v) is 3.83. The van der Waals surface area contributed by atoms with Crippen LogP contribution >= 0.6 is 0 Å². The van der Waals surface area contributed by atoms with Gasteiger partial charge in [0.2, 0.25) is 5.91 Å². The van der Waals surface area contributed by atoms with Gasteiger partial charge in [-0.15, -0.1) is 0 Å². The molecule has 0 aromatic rings. The molecule has 3 aliphatic rings. The van der Waals surface area contributed by atoms with Gasteiger partial charge in [0.1, 0.15) is 11.8 Å². The van der Waals surface area contributed by atoms with Gasteiger partial charge in [0.15, 0.2) is 0 Å². The van der Waals surface area contributed by atoms with Crippen molar-refractivity contribution in [2.45, 2.75) is 19.9 Å². The lowest BCUT2D eigenvalue weighted by Gasteiger charge is -2.10. The Morgan fingerprint density at radius 3 is 2.35 bits per heavy atom. The van der Waals surface area contributed by atoms with E-state index in [1.807, 2.05) is 6.92 Å². The van der Waals surface area contributed by atoms with Crippen LogP contribution in [0.2, 0.25) is 0 Å². The second kappa shape index (κ2) is 4.45. The van der Waals surface area contributed by atoms with Gasteiger partial charge in [-0.3, -0.25) is 10.1 Å². The fourth-order valence-corrected chi connectivity index (χ4v) is 1.55. The van der Waals surface area contributed by atoms with Crippen molar-refractivity contribution < 1.29 is 14.3 Å². The van der Waals surface area contributed by atoms with Crippen molar-refractivity contribution in [3.8, 4) is 5.75 Å². The van der Waals surface area contributed by atoms with E-state index >= 15 is 0 Å². The van der Waals surface area contributed by atoms with Crippen molar-refractivity contribution in [3.63, 3.8) is 0 Å². The largest absolute Gasteiger partial charge is 0.493 e. The van der Waals surface area contributed by atoms with Crippen LogP contribution in [0.5, 0.6) is 5.75 Å². The zero-order chi connectivity index (χ0) is 12.4. The molecule has 90 valence electrons. The molecule has 17 heavy (non-hydrogen) atoms. The van der Waals surface area contributed by atoms with Crippen LogP contribution in [-0.4, -0.2) is 24.6 Å². The van der Waals surface area contributed by atoms with Gasteiger partial charge in [-0.1, -0.05) is 12.1 Å². The van der Waals surface area contributed by atoms with E-state index in [1.165, 1.54) is 10.4 Å². The van der Waals surface area contributed by atoms with E-state index in [9.17, 15) is 9.59 Å². The number of hydrogen-bond donors (Lipinski definition) is 2. The molecule has 1 heterocycles. The van der Waals surface area contributed by atoms with E-state index in [-0.39, 0.29) is 11.9 Å². The summed E-state index contributed by atoms with van der Waals surface area (Å²) in [5.41, 5.74) is 0. The van der Waals surface area contributed by atoms with Crippen molar-refractivity contribution in [2.75, 3.05) is 6.61 Å². The molecule has 1 aliphatic heterocycles. The molecule has 5 heteroatoms. The molecule has 0 spiro atoms. The maximum absolute atomic E-state index is 10.4. The number of carbonyl (C=O) groups excluding carboxylic acids is 2. The molecule has 1 unspecified atom stereocenters. The predicted octanol–water partition coefficient (Wildman–Crippen LogP) is 0.900. The lowest BCUT2D eigenvalue weighted by atomic mass is 10.1. The van der Waals surface area contributed by atoms with Crippen molar-refractivity contribution in [1.29, 1.82) is 0 Å². The number of benzene rings is 1. The molecule has 2 aliphatic carbocycles. The molecule has 1 saturated heterocycles. The minimum atomic E-state index is -0.400. The van der Waals surface area contributed by atoms with Gasteiger partial charge in [-0.25, -0.2) is 4.79 Å². The lowest BCUT2D eigenvalue weighted by molar-refractivity contribution is -0.119. The topological polar surface area (TPSA) is 67.4 Å². The first-order valence-electron chi connectivity index (χ1n) is 5.50. The van der Waals surface area contributed by atoms with Gasteiger partial charge in [0.05, 0.1) is 6.61 Å². The van der Waals surface area contributed by atoms with Crippen molar-refractivity contribution in [3.05, 3.63) is 28.6 Å². The van der Waals surface area contributed by atoms with Gasteiger partial charge in [0.25, 0.3) is 0 Å². The Bertz CT molecular complexity index is 553. The number of ether oxygens (including phenoxy) is 1. The third kappa shape index (κ3) is 2.22. The number of urea groups is 1. The predicted molar refractivity (Wildman–Crippen MR) is 61.4 cm³/mol. The first-order valence-corrected chi connectivity index (χ1v) is 5.50. The summed E-state index contributed by atoms with van der Waals surface area (Å²) in [4.78, 5) is 20.6. The molecule has 0 bridgehead atoms. The molecule has 2 N–H and O–H groups in total. The van der Waals surface area contributed by atoms with E-state index in [4.69, 9.17) is 4.74 Å². The van der Waals surface area contributed by atoms with Crippen molar-refractivity contribution in [1.82, 2.24) is 10.6 Å². The number of amides is 3. The summed E-state index contributed by atoms with van der Waals surface area (Å²) in [5.74, 6) is 0.810. The molecule has 0 radical (unpaired) electrons. The third-order valence-electron chi connectivity index (χ3n) is 2.57. The number of imide groups is 1. The molecule has 3 rings (SSSR count). The molecular formula is C12H14N2O3. The first kappa shape index (κ1) is 11.4. The summed E-state index contributed by atoms with van der Waals surface area (Å²) in [6.45, 7) is 4.40. The van der Waals surface area contributed by atoms with Gasteiger partial charge in [0, 0.05) is 5.22 Å². The first-order chi connectivity index (χ1) is 8.11. The van der Waals surface area contributed by atoms with E-state index in [0.717, 1.165) is 12.4 Å². The highest BCUT2D eigenvalue weighted by molar-refractivity contribution is 6.03. The molecule has 0 aromatic carbocycles. The normalized spacial score (nSPS) is 18.8. The summed E-state index contributed by atoms with van der Waals surface area (Å²) >= 11 is 0. The molecule has 1 fully saturated rings. The maximum Gasteiger partial charge on any atom is 0.322 e. The smallest absolute Gasteiger partial charge is 0.322 e. The third-order valence-corrected chi connectivity index (χ3v) is 2.57. The van der Waals surface area contributed by atoms with E-state index in [2.05, 4.69) is 28.8 Å². The summed E-state index contributed by atoms with van der Waals surface area (Å²) in [6, 6.07) is 5.49. The van der Waals surface area contributed by atoms with E-state index < -0.39 is 6.03 Å². The number of nitrogens with one attached hydrogen (secondary N) is 2. The van der Waals surface area contributed by atoms with Crippen molar-refractivity contribution in [2.24, 2.45) is 0 Å². The molecule has 0 saturated carbocycles. The maximum atomic E-state index is 10.4. The van der Waals surface area contributed by atoms with Gasteiger partial charge in [-0.2, -0.15) is 0 Å². The van der Waals surface area contributed by atoms with Gasteiger partial charge in [-0.05, 0) is 25.1 Å². The summed E-state index contributed by atoms with van der Waals surface area (Å²) < 4.78 is 5.26. The summed E-state index contributed by atoms with van der Waals surface area (Å²) in [5, 5.41) is 7.09. The van der Waals surface area contributed by atoms with E-state index in [0.29, 0.717) is 0 Å². The van der Waals surface area contributed by atoms with Crippen LogP contribution in [0.3, 0.4) is 0 Å². The Morgan fingerprint density at radius 1 is 1.35 bits per heavy atom. The highest BCUT2D eigenvalue weighted by Gasteiger charge is 2.24. The fourth-order valence-electron chi connectivity index (χ4n) is 1.55. The Hall–Kier alpha value is -2.04. The second-order valence-electron chi connectivity index (χ2n) is 3.83. The average molecular weight is 234 g/mol. The van der Waals surface area contributed by atoms with E-state index in [1.54, 1.807) is 6.92 Å². The van der Waals surface area contributed by atoms with Crippen LogP contribution in [0.25, 0.3) is 0 Å². The lowest BCUT2D eigenvalue weighted by Crippen LogP contribution is -2.24. The molecular weight excluding hydrogens is 220 g/mol. The van der Waals surface area contributed by atoms with Crippen LogP contribution in [0.4, 0.5) is 4.79 Å². The number of carbonyl (C=O) groups is 2. The molecule has 0 aromatic heterocycles. The summed E-state index contributed by atoms with van der Waals surface area (Å²) in [7, 11) is 0. The van der Waals surface area contributed by atoms with Gasteiger partial charge < -0.3 is 10.1 Å². The quantitative estimate of drug-likeness (QED) is 0.759. The minimum absolute atomic E-state index is 0.255. The SMILES string of the molecule is CC1NC(=O)NC1=O.CCOc1cc2ccc1=2. The van der Waals surface area contributed by atoms with Crippen LogP contribution < -0.4 is 15.4 Å². The molecule has 5 nitrogen and oxygen atoms in total. The molecule has 1 atom stereocenters. The fraction of sp³-hybridized carbons (Fsp3) is 0.333. The average Bonchev–Trinajstić information content (AvgIpc) is 2.53. The van der Waals surface area contributed by atoms with Crippen LogP contribution in [0.15, 0.2) is 18.2 Å². The number of hydrogen-bond acceptors (Lipinski definition) is 3. The standard InChI is InChI=1S/C8H8O.C4H6N2O2/c1-2-9-8-5-6-3-4-7(6)8;1-2-3(7)6-4(8)5-2/h3-5H,2H2,1H3;2H,1H3,(H2,5,6,7,8). The zero-order valence-corrected chi connectivity index (χ0v) is 9.74. The highest BCUT2D eigenvalue weighted by atomic mass is 16.5. The zero-order valence-electron chi connectivity index (χ0n) is 9.74. The Labute approximate surface area is 98.5 Å². The van der Waals surface area contributed by atoms with Crippen molar-refractivity contribution >= 4 is 11.9 Å². The summed E-state index contributed by atoms with van der Waals surface area (Å²) in [6.07, 6.45) is 0. The van der Waals surface area contributed by atoms with Crippen LogP contribution in [-0.2, 0) is 4.79 Å². The Balaban J connectivity index is 0.000000128. The number of rotatable bonds is 2. The minimum Gasteiger partial charge on any atom is -0.493 e. The van der Waals surface area contributed by atoms with Crippen LogP contribution in [0.1, 0.15) is 13.8 Å². The Morgan fingerprint density at radius 2 is 2.12 bits per heavy atom. The van der Waals surface area contributed by atoms with Gasteiger partial charge >= 0.3 is 6.03 Å². The van der Waals surface area contributed by atoms with Crippen LogP contribution in [0, 0.1) is 10.4 Å².